The van der Waals surface area contributed by atoms with E-state index in [-0.39, 0.29) is 23.8 Å². The zero-order valence-corrected chi connectivity index (χ0v) is 16.3. The maximum atomic E-state index is 13.2. The molecule has 1 aliphatic carbocycles. The number of nitrogens with zero attached hydrogens (tertiary/aromatic N) is 1. The summed E-state index contributed by atoms with van der Waals surface area (Å²) in [5, 5.41) is 0. The Bertz CT molecular complexity index is 1040. The number of methoxy groups -OCH3 is 1. The Hall–Kier alpha value is -3.09. The van der Waals surface area contributed by atoms with E-state index in [0.29, 0.717) is 36.3 Å². The van der Waals surface area contributed by atoms with Gasteiger partial charge in [-0.15, -0.1) is 0 Å². The first-order valence-electron chi connectivity index (χ1n) is 9.70. The van der Waals surface area contributed by atoms with Gasteiger partial charge in [-0.1, -0.05) is 24.3 Å². The lowest BCUT2D eigenvalue weighted by Crippen LogP contribution is -2.40. The van der Waals surface area contributed by atoms with Gasteiger partial charge in [-0.25, -0.2) is 0 Å². The quantitative estimate of drug-likeness (QED) is 0.689. The third-order valence-corrected chi connectivity index (χ3v) is 5.62. The number of benzene rings is 2. The van der Waals surface area contributed by atoms with Crippen molar-refractivity contribution >= 4 is 17.4 Å². The highest BCUT2D eigenvalue weighted by atomic mass is 19.4. The van der Waals surface area contributed by atoms with Gasteiger partial charge in [0.15, 0.2) is 5.78 Å². The molecule has 7 heteroatoms. The van der Waals surface area contributed by atoms with Crippen LogP contribution in [0.3, 0.4) is 0 Å². The summed E-state index contributed by atoms with van der Waals surface area (Å²) >= 11 is 0. The highest BCUT2D eigenvalue weighted by Crippen LogP contribution is 2.46. The van der Waals surface area contributed by atoms with Crippen LogP contribution in [-0.2, 0) is 15.8 Å². The van der Waals surface area contributed by atoms with E-state index in [1.807, 2.05) is 12.1 Å². The van der Waals surface area contributed by atoms with Crippen LogP contribution in [0.1, 0.15) is 42.7 Å². The number of Topliss-reactive ketones (excluding diaryl/α,β-unsaturated/α-hetero) is 1. The normalized spacial score (nSPS) is 19.7. The van der Waals surface area contributed by atoms with Crippen molar-refractivity contribution in [2.45, 2.75) is 37.8 Å². The monoisotopic (exact) mass is 415 g/mol. The second kappa shape index (κ2) is 7.63. The number of amides is 1. The molecule has 0 aromatic heterocycles. The molecule has 0 spiro atoms. The predicted molar refractivity (Wildman–Crippen MR) is 105 cm³/mol. The van der Waals surface area contributed by atoms with Gasteiger partial charge in [0.05, 0.1) is 12.7 Å². The molecule has 30 heavy (non-hydrogen) atoms. The molecule has 2 aliphatic rings. The second-order valence-corrected chi connectivity index (χ2v) is 7.41. The number of alkyl halides is 3. The highest BCUT2D eigenvalue weighted by Gasteiger charge is 2.41. The Labute approximate surface area is 171 Å². The van der Waals surface area contributed by atoms with Crippen LogP contribution in [-0.4, -0.2) is 18.8 Å². The number of carbonyl (C=O) groups excluding carboxylic acids is 2. The van der Waals surface area contributed by atoms with E-state index in [9.17, 15) is 22.8 Å². The number of ether oxygens (including phenoxy) is 1. The zero-order chi connectivity index (χ0) is 21.5. The summed E-state index contributed by atoms with van der Waals surface area (Å²) in [7, 11) is 1.52. The number of rotatable bonds is 3. The molecule has 0 saturated heterocycles. The molecule has 4 rings (SSSR count). The number of allylic oxidation sites excluding steroid dienone is 2. The van der Waals surface area contributed by atoms with Crippen molar-refractivity contribution in [1.82, 2.24) is 0 Å². The summed E-state index contributed by atoms with van der Waals surface area (Å²) in [6.45, 7) is 0. The fourth-order valence-electron chi connectivity index (χ4n) is 4.33. The van der Waals surface area contributed by atoms with Crippen molar-refractivity contribution < 1.29 is 27.5 Å². The summed E-state index contributed by atoms with van der Waals surface area (Å²) in [5.41, 5.74) is 1.04. The molecule has 1 heterocycles. The first-order valence-corrected chi connectivity index (χ1v) is 9.70. The molecular formula is C23H20F3NO3. The lowest BCUT2D eigenvalue weighted by Gasteiger charge is -2.38. The van der Waals surface area contributed by atoms with Crippen molar-refractivity contribution in [1.29, 1.82) is 0 Å². The minimum absolute atomic E-state index is 0.0127. The van der Waals surface area contributed by atoms with Gasteiger partial charge in [0, 0.05) is 41.3 Å². The molecule has 0 N–H and O–H groups in total. The van der Waals surface area contributed by atoms with E-state index < -0.39 is 17.7 Å². The Kier molecular flexibility index (Phi) is 5.13. The zero-order valence-electron chi connectivity index (χ0n) is 16.3. The first-order chi connectivity index (χ1) is 14.3. The maximum absolute atomic E-state index is 13.2. The van der Waals surface area contributed by atoms with Crippen molar-refractivity contribution in [3.63, 3.8) is 0 Å². The molecular weight excluding hydrogens is 395 g/mol. The molecule has 1 amide bonds. The molecule has 0 fully saturated rings. The maximum Gasteiger partial charge on any atom is 0.416 e. The van der Waals surface area contributed by atoms with Crippen molar-refractivity contribution in [3.8, 4) is 5.75 Å². The molecule has 156 valence electrons. The predicted octanol–water partition coefficient (Wildman–Crippen LogP) is 5.24. The summed E-state index contributed by atoms with van der Waals surface area (Å²) in [5.74, 6) is -0.304. The standard InChI is InChI=1S/C23H20F3NO3/c1-30-20-11-3-2-8-16(20)17-13-21(29)27(18-9-5-10-19(28)22(17)18)15-7-4-6-14(12-15)23(24,25)26/h2-4,6-8,11-12,17H,5,9-10,13H2,1H3. The lowest BCUT2D eigenvalue weighted by molar-refractivity contribution is -0.137. The molecule has 1 atom stereocenters. The lowest BCUT2D eigenvalue weighted by atomic mass is 9.77. The van der Waals surface area contributed by atoms with Gasteiger partial charge in [0.2, 0.25) is 5.91 Å². The van der Waals surface area contributed by atoms with Crippen molar-refractivity contribution in [2.24, 2.45) is 0 Å². The smallest absolute Gasteiger partial charge is 0.416 e. The van der Waals surface area contributed by atoms with Crippen LogP contribution < -0.4 is 9.64 Å². The van der Waals surface area contributed by atoms with E-state index in [4.69, 9.17) is 4.74 Å². The van der Waals surface area contributed by atoms with Crippen LogP contribution in [0.2, 0.25) is 0 Å². The summed E-state index contributed by atoms with van der Waals surface area (Å²) < 4.78 is 45.1. The summed E-state index contributed by atoms with van der Waals surface area (Å²) in [6, 6.07) is 11.9. The summed E-state index contributed by atoms with van der Waals surface area (Å²) in [6.07, 6.45) is -3.17. The molecule has 4 nitrogen and oxygen atoms in total. The van der Waals surface area contributed by atoms with Gasteiger partial charge in [-0.2, -0.15) is 13.2 Å². The number of ketones is 1. The van der Waals surface area contributed by atoms with Gasteiger partial charge < -0.3 is 4.74 Å². The third-order valence-electron chi connectivity index (χ3n) is 5.62. The van der Waals surface area contributed by atoms with Crippen LogP contribution in [0.25, 0.3) is 0 Å². The summed E-state index contributed by atoms with van der Waals surface area (Å²) in [4.78, 5) is 27.4. The molecule has 2 aromatic carbocycles. The molecule has 0 saturated carbocycles. The molecule has 0 bridgehead atoms. The van der Waals surface area contributed by atoms with E-state index in [0.717, 1.165) is 17.7 Å². The van der Waals surface area contributed by atoms with E-state index >= 15 is 0 Å². The van der Waals surface area contributed by atoms with Gasteiger partial charge in [-0.05, 0) is 37.1 Å². The largest absolute Gasteiger partial charge is 0.496 e. The molecule has 2 aromatic rings. The second-order valence-electron chi connectivity index (χ2n) is 7.41. The SMILES string of the molecule is COc1ccccc1C1CC(=O)N(c2cccc(C(F)(F)F)c2)C2=C1C(=O)CCC2. The van der Waals surface area contributed by atoms with Crippen LogP contribution in [0.15, 0.2) is 59.8 Å². The number of anilines is 1. The fourth-order valence-corrected chi connectivity index (χ4v) is 4.33. The fraction of sp³-hybridized carbons (Fsp3) is 0.304. The van der Waals surface area contributed by atoms with Crippen LogP contribution in [0.5, 0.6) is 5.75 Å². The Balaban J connectivity index is 1.87. The molecule has 1 unspecified atom stereocenters. The van der Waals surface area contributed by atoms with Crippen molar-refractivity contribution in [3.05, 3.63) is 70.9 Å². The average Bonchev–Trinajstić information content (AvgIpc) is 2.72. The van der Waals surface area contributed by atoms with Gasteiger partial charge in [0.25, 0.3) is 0 Å². The Morgan fingerprint density at radius 3 is 2.53 bits per heavy atom. The number of halogens is 3. The number of carbonyl (C=O) groups is 2. The van der Waals surface area contributed by atoms with Crippen LogP contribution in [0, 0.1) is 0 Å². The molecule has 0 radical (unpaired) electrons. The average molecular weight is 415 g/mol. The van der Waals surface area contributed by atoms with E-state index in [1.54, 1.807) is 12.1 Å². The Morgan fingerprint density at radius 1 is 1.03 bits per heavy atom. The first kappa shape index (κ1) is 20.2. The van der Waals surface area contributed by atoms with E-state index in [2.05, 4.69) is 0 Å². The van der Waals surface area contributed by atoms with Gasteiger partial charge in [0.1, 0.15) is 5.75 Å². The van der Waals surface area contributed by atoms with E-state index in [1.165, 1.54) is 24.1 Å². The third kappa shape index (κ3) is 3.49. The number of para-hydroxylation sites is 1. The number of hydrogen-bond acceptors (Lipinski definition) is 3. The highest BCUT2D eigenvalue weighted by molar-refractivity contribution is 6.07. The topological polar surface area (TPSA) is 46.6 Å². The van der Waals surface area contributed by atoms with Gasteiger partial charge in [-0.3, -0.25) is 14.5 Å². The molecule has 1 aliphatic heterocycles. The van der Waals surface area contributed by atoms with Crippen molar-refractivity contribution in [2.75, 3.05) is 12.0 Å². The van der Waals surface area contributed by atoms with Crippen LogP contribution >= 0.6 is 0 Å². The van der Waals surface area contributed by atoms with Crippen LogP contribution in [0.4, 0.5) is 18.9 Å². The Morgan fingerprint density at radius 2 is 1.80 bits per heavy atom. The van der Waals surface area contributed by atoms with Gasteiger partial charge >= 0.3 is 6.18 Å². The number of hydrogen-bond donors (Lipinski definition) is 0. The minimum atomic E-state index is -4.52. The minimum Gasteiger partial charge on any atom is -0.496 e.